The number of anilines is 1. The Bertz CT molecular complexity index is 1340. The van der Waals surface area contributed by atoms with Crippen molar-refractivity contribution in [1.82, 2.24) is 14.8 Å². The van der Waals surface area contributed by atoms with Crippen LogP contribution in [0.1, 0.15) is 45.2 Å². The van der Waals surface area contributed by atoms with Crippen LogP contribution >= 0.6 is 0 Å². The summed E-state index contributed by atoms with van der Waals surface area (Å²) in [4.78, 5) is 6.60. The molecule has 2 unspecified atom stereocenters. The van der Waals surface area contributed by atoms with Gasteiger partial charge in [0.2, 0.25) is 16.2 Å². The van der Waals surface area contributed by atoms with E-state index in [0.29, 0.717) is 16.8 Å². The zero-order chi connectivity index (χ0) is 25.8. The van der Waals surface area contributed by atoms with E-state index in [-0.39, 0.29) is 16.5 Å². The van der Waals surface area contributed by atoms with Crippen LogP contribution in [-0.2, 0) is 21.8 Å². The lowest BCUT2D eigenvalue weighted by Gasteiger charge is -2.38. The number of rotatable bonds is 6. The quantitative estimate of drug-likeness (QED) is 0.505. The molecular formula is C25H32N5O4S. The molecular weight excluding hydrogens is 466 g/mol. The molecule has 2 atom stereocenters. The Morgan fingerprint density at radius 2 is 1.66 bits per heavy atom. The van der Waals surface area contributed by atoms with Crippen LogP contribution in [0.5, 0.6) is 0 Å². The molecule has 2 N–H and O–H groups in total. The zero-order valence-corrected chi connectivity index (χ0v) is 21.7. The second kappa shape index (κ2) is 8.81. The first-order chi connectivity index (χ1) is 16.3. The van der Waals surface area contributed by atoms with E-state index in [1.165, 1.54) is 0 Å². The fraction of sp³-hybridized carbons (Fsp3) is 0.400. The fourth-order valence-corrected chi connectivity index (χ4v) is 5.71. The van der Waals surface area contributed by atoms with Crippen LogP contribution in [0.15, 0.2) is 59.5 Å². The number of nitrogens with one attached hydrogen (secondary N) is 2. The molecule has 9 nitrogen and oxygen atoms in total. The SMILES string of the molecule is CN(C)c1cccc2c(S(=O)(=O)NCc3cccc(C4N([O])C(C)(C)C(C)(C)[NH+]4[O-])n3)cccc12. The summed E-state index contributed by atoms with van der Waals surface area (Å²) in [6, 6.07) is 15.7. The van der Waals surface area contributed by atoms with Gasteiger partial charge in [0, 0.05) is 30.6 Å². The van der Waals surface area contributed by atoms with Gasteiger partial charge in [-0.05, 0) is 52.0 Å². The van der Waals surface area contributed by atoms with E-state index in [0.717, 1.165) is 16.1 Å². The summed E-state index contributed by atoms with van der Waals surface area (Å²) in [5.41, 5.74) is -0.0833. The molecule has 1 aromatic heterocycles. The van der Waals surface area contributed by atoms with Crippen molar-refractivity contribution < 1.29 is 18.7 Å². The zero-order valence-electron chi connectivity index (χ0n) is 20.9. The minimum atomic E-state index is -3.87. The normalized spacial score (nSPS) is 21.9. The summed E-state index contributed by atoms with van der Waals surface area (Å²) in [6.07, 6.45) is -1.03. The monoisotopic (exact) mass is 498 g/mol. The maximum absolute atomic E-state index is 13.3. The first-order valence-electron chi connectivity index (χ1n) is 11.4. The number of sulfonamides is 1. The molecule has 0 saturated carbocycles. The molecule has 3 aromatic rings. The van der Waals surface area contributed by atoms with E-state index in [1.807, 2.05) is 37.2 Å². The number of pyridine rings is 1. The van der Waals surface area contributed by atoms with Gasteiger partial charge in [-0.1, -0.05) is 35.4 Å². The molecule has 0 amide bonds. The third-order valence-corrected chi connectivity index (χ3v) is 8.82. The van der Waals surface area contributed by atoms with Crippen LogP contribution in [0.3, 0.4) is 0 Å². The van der Waals surface area contributed by atoms with Crippen LogP contribution < -0.4 is 14.7 Å². The Hall–Kier alpha value is -2.60. The van der Waals surface area contributed by atoms with Crippen molar-refractivity contribution >= 4 is 26.5 Å². The minimum absolute atomic E-state index is 0.0769. The lowest BCUT2D eigenvalue weighted by molar-refractivity contribution is -0.926. The molecule has 187 valence electrons. The highest BCUT2D eigenvalue weighted by Crippen LogP contribution is 2.36. The van der Waals surface area contributed by atoms with Crippen LogP contribution in [0.2, 0.25) is 0 Å². The molecule has 1 saturated heterocycles. The molecule has 10 heteroatoms. The van der Waals surface area contributed by atoms with E-state index >= 15 is 0 Å². The van der Waals surface area contributed by atoms with E-state index in [2.05, 4.69) is 9.71 Å². The molecule has 0 bridgehead atoms. The van der Waals surface area contributed by atoms with Crippen molar-refractivity contribution in [1.29, 1.82) is 0 Å². The molecule has 1 radical (unpaired) electrons. The summed E-state index contributed by atoms with van der Waals surface area (Å²) < 4.78 is 29.1. The van der Waals surface area contributed by atoms with Crippen LogP contribution in [0.4, 0.5) is 5.69 Å². The highest BCUT2D eigenvalue weighted by molar-refractivity contribution is 7.89. The summed E-state index contributed by atoms with van der Waals surface area (Å²) in [6.45, 7) is 6.96. The molecule has 1 fully saturated rings. The van der Waals surface area contributed by atoms with Gasteiger partial charge in [-0.3, -0.25) is 0 Å². The Morgan fingerprint density at radius 3 is 2.29 bits per heavy atom. The Kier molecular flexibility index (Phi) is 6.41. The Balaban J connectivity index is 1.61. The lowest BCUT2D eigenvalue weighted by Crippen LogP contribution is -3.14. The van der Waals surface area contributed by atoms with E-state index in [1.54, 1.807) is 64.1 Å². The van der Waals surface area contributed by atoms with E-state index in [4.69, 9.17) is 0 Å². The van der Waals surface area contributed by atoms with Gasteiger partial charge in [0.05, 0.1) is 17.1 Å². The maximum atomic E-state index is 13.3. The smallest absolute Gasteiger partial charge is 0.241 e. The molecule has 2 heterocycles. The topological polar surface area (TPSA) is 113 Å². The van der Waals surface area contributed by atoms with Gasteiger partial charge in [-0.2, -0.15) is 0 Å². The van der Waals surface area contributed by atoms with Gasteiger partial charge < -0.3 is 15.2 Å². The first kappa shape index (κ1) is 25.5. The number of hydroxylamine groups is 4. The second-order valence-electron chi connectivity index (χ2n) is 10.2. The van der Waals surface area contributed by atoms with E-state index < -0.39 is 27.3 Å². The number of nitrogens with zero attached hydrogens (tertiary/aromatic N) is 3. The van der Waals surface area contributed by atoms with Gasteiger partial charge in [-0.25, -0.2) is 18.1 Å². The third kappa shape index (κ3) is 4.20. The summed E-state index contributed by atoms with van der Waals surface area (Å²) in [5, 5.41) is 28.1. The minimum Gasteiger partial charge on any atom is -0.632 e. The average Bonchev–Trinajstić information content (AvgIpc) is 2.93. The molecule has 2 aromatic carbocycles. The average molecular weight is 499 g/mol. The predicted molar refractivity (Wildman–Crippen MR) is 134 cm³/mol. The maximum Gasteiger partial charge on any atom is 0.241 e. The first-order valence-corrected chi connectivity index (χ1v) is 12.9. The highest BCUT2D eigenvalue weighted by atomic mass is 32.2. The number of aromatic nitrogens is 1. The number of fused-ring (bicyclic) bond motifs is 1. The van der Waals surface area contributed by atoms with Crippen molar-refractivity contribution in [3.8, 4) is 0 Å². The molecule has 1 aliphatic rings. The standard InChI is InChI=1S/C25H32N5O4S/c1-24(2)25(3,4)30(32)23(29(24)31)20-13-7-10-17(27-20)16-26-35(33,34)22-15-9-11-18-19(22)12-8-14-21(18)28(5)6/h7-15,23,26,29H,16H2,1-6H3. The largest absolute Gasteiger partial charge is 0.632 e. The molecule has 0 aliphatic carbocycles. The van der Waals surface area contributed by atoms with Gasteiger partial charge in [0.25, 0.3) is 0 Å². The predicted octanol–water partition coefficient (Wildman–Crippen LogP) is 2.38. The highest BCUT2D eigenvalue weighted by Gasteiger charge is 2.60. The number of quaternary nitrogens is 1. The van der Waals surface area contributed by atoms with Gasteiger partial charge in [0.15, 0.2) is 0 Å². The van der Waals surface area contributed by atoms with Crippen molar-refractivity contribution in [3.63, 3.8) is 0 Å². The Labute approximate surface area is 206 Å². The molecule has 0 spiro atoms. The molecule has 1 aliphatic heterocycles. The lowest BCUT2D eigenvalue weighted by atomic mass is 9.84. The van der Waals surface area contributed by atoms with Crippen molar-refractivity contribution in [2.45, 2.75) is 56.4 Å². The summed E-state index contributed by atoms with van der Waals surface area (Å²) >= 11 is 0. The van der Waals surface area contributed by atoms with Gasteiger partial charge in [0.1, 0.15) is 16.8 Å². The van der Waals surface area contributed by atoms with Crippen molar-refractivity contribution in [2.24, 2.45) is 0 Å². The molecule has 35 heavy (non-hydrogen) atoms. The summed E-state index contributed by atoms with van der Waals surface area (Å²) in [7, 11) is -0.0458. The second-order valence-corrected chi connectivity index (χ2v) is 11.9. The van der Waals surface area contributed by atoms with Crippen LogP contribution in [0, 0.1) is 5.21 Å². The third-order valence-electron chi connectivity index (χ3n) is 7.36. The number of benzene rings is 2. The molecule has 4 rings (SSSR count). The van der Waals surface area contributed by atoms with Gasteiger partial charge >= 0.3 is 0 Å². The Morgan fingerprint density at radius 1 is 1.03 bits per heavy atom. The summed E-state index contributed by atoms with van der Waals surface area (Å²) in [5.74, 6) is 0. The van der Waals surface area contributed by atoms with Crippen molar-refractivity contribution in [2.75, 3.05) is 19.0 Å². The van der Waals surface area contributed by atoms with Crippen LogP contribution in [-0.4, -0.2) is 43.6 Å². The van der Waals surface area contributed by atoms with Crippen LogP contribution in [0.25, 0.3) is 10.8 Å². The van der Waals surface area contributed by atoms with Gasteiger partial charge in [-0.15, -0.1) is 5.21 Å². The van der Waals surface area contributed by atoms with E-state index in [9.17, 15) is 18.8 Å². The number of hydrogen-bond acceptors (Lipinski definition) is 6. The van der Waals surface area contributed by atoms with Crippen molar-refractivity contribution in [3.05, 3.63) is 71.2 Å². The fourth-order valence-electron chi connectivity index (χ4n) is 4.49. The number of hydrogen-bond donors (Lipinski definition) is 2.